The second kappa shape index (κ2) is 6.77. The molecule has 0 radical (unpaired) electrons. The zero-order chi connectivity index (χ0) is 9.40. The van der Waals surface area contributed by atoms with Crippen molar-refractivity contribution in [2.75, 3.05) is 0 Å². The Morgan fingerprint density at radius 3 is 2.50 bits per heavy atom. The van der Waals surface area contributed by atoms with Crippen molar-refractivity contribution in [3.8, 4) is 0 Å². The van der Waals surface area contributed by atoms with Crippen molar-refractivity contribution in [3.05, 3.63) is 23.6 Å². The summed E-state index contributed by atoms with van der Waals surface area (Å²) in [6, 6.07) is 0. The molecule has 0 aromatic heterocycles. The molecule has 0 aromatic carbocycles. The lowest BCUT2D eigenvalue weighted by atomic mass is 10.1. The molecule has 68 valence electrons. The Kier molecular flexibility index (Phi) is 6.25. The molecule has 0 bridgehead atoms. The van der Waals surface area contributed by atoms with Gasteiger partial charge in [0.1, 0.15) is 6.29 Å². The maximum absolute atomic E-state index is 12.0. The number of rotatable bonds is 5. The lowest BCUT2D eigenvalue weighted by Gasteiger charge is -1.97. The molecule has 0 rings (SSSR count). The fraction of sp³-hybridized carbons (Fsp3) is 0.500. The smallest absolute Gasteiger partial charge is 0.124 e. The van der Waals surface area contributed by atoms with Gasteiger partial charge < -0.3 is 4.79 Å². The molecular formula is C10H15FO. The predicted molar refractivity (Wildman–Crippen MR) is 48.5 cm³/mol. The summed E-state index contributed by atoms with van der Waals surface area (Å²) < 4.78 is 12.0. The molecule has 0 heterocycles. The van der Waals surface area contributed by atoms with Gasteiger partial charge in [0.25, 0.3) is 0 Å². The molecule has 0 amide bonds. The lowest BCUT2D eigenvalue weighted by molar-refractivity contribution is -0.107. The summed E-state index contributed by atoms with van der Waals surface area (Å²) >= 11 is 0. The average molecular weight is 170 g/mol. The van der Waals surface area contributed by atoms with E-state index in [1.807, 2.05) is 19.9 Å². The van der Waals surface area contributed by atoms with Crippen LogP contribution in [0.4, 0.5) is 4.39 Å². The Morgan fingerprint density at radius 1 is 1.42 bits per heavy atom. The molecule has 0 saturated carbocycles. The molecule has 0 fully saturated rings. The number of carbonyl (C=O) groups is 1. The molecule has 0 N–H and O–H groups in total. The van der Waals surface area contributed by atoms with E-state index in [0.29, 0.717) is 18.3 Å². The largest absolute Gasteiger partial charge is 0.303 e. The van der Waals surface area contributed by atoms with Crippen LogP contribution >= 0.6 is 0 Å². The molecule has 0 spiro atoms. The number of allylic oxidation sites excluding steroid dienone is 3. The number of carbonyl (C=O) groups excluding carboxylic acids is 1. The fourth-order valence-electron chi connectivity index (χ4n) is 0.854. The van der Waals surface area contributed by atoms with Gasteiger partial charge in [-0.1, -0.05) is 11.6 Å². The van der Waals surface area contributed by atoms with Gasteiger partial charge in [0.05, 0.1) is 6.33 Å². The molecule has 0 unspecified atom stereocenters. The molecule has 0 aromatic rings. The monoisotopic (exact) mass is 170 g/mol. The highest BCUT2D eigenvalue weighted by molar-refractivity contribution is 5.53. The third kappa shape index (κ3) is 5.83. The molecule has 0 aliphatic carbocycles. The van der Waals surface area contributed by atoms with Crippen molar-refractivity contribution < 1.29 is 9.18 Å². The van der Waals surface area contributed by atoms with Crippen LogP contribution in [0.2, 0.25) is 0 Å². The Balaban J connectivity index is 3.74. The van der Waals surface area contributed by atoms with Crippen LogP contribution in [-0.4, -0.2) is 6.29 Å². The zero-order valence-corrected chi connectivity index (χ0v) is 7.64. The van der Waals surface area contributed by atoms with E-state index in [1.54, 1.807) is 0 Å². The van der Waals surface area contributed by atoms with Gasteiger partial charge >= 0.3 is 0 Å². The van der Waals surface area contributed by atoms with Crippen LogP contribution in [0.1, 0.15) is 33.1 Å². The van der Waals surface area contributed by atoms with Crippen molar-refractivity contribution >= 4 is 6.29 Å². The van der Waals surface area contributed by atoms with Gasteiger partial charge in [-0.15, -0.1) is 0 Å². The minimum absolute atomic E-state index is 0.215. The fourth-order valence-corrected chi connectivity index (χ4v) is 0.854. The first-order valence-corrected chi connectivity index (χ1v) is 4.05. The third-order valence-electron chi connectivity index (χ3n) is 1.52. The van der Waals surface area contributed by atoms with E-state index in [1.165, 1.54) is 5.57 Å². The van der Waals surface area contributed by atoms with E-state index in [4.69, 9.17) is 0 Å². The van der Waals surface area contributed by atoms with E-state index < -0.39 is 0 Å². The van der Waals surface area contributed by atoms with Gasteiger partial charge in [0.2, 0.25) is 0 Å². The summed E-state index contributed by atoms with van der Waals surface area (Å²) in [7, 11) is 0. The van der Waals surface area contributed by atoms with Crippen LogP contribution in [0.3, 0.4) is 0 Å². The predicted octanol–water partition coefficient (Wildman–Crippen LogP) is 3.18. The van der Waals surface area contributed by atoms with Gasteiger partial charge in [0, 0.05) is 6.42 Å². The van der Waals surface area contributed by atoms with Crippen LogP contribution in [0.5, 0.6) is 0 Å². The standard InChI is InChI=1S/C10H15FO/c1-9(2)4-3-5-10(8-11)6-7-12/h4,7-8H,3,5-6H2,1-2H3/b10-8-. The summed E-state index contributed by atoms with van der Waals surface area (Å²) in [5, 5.41) is 0. The number of halogens is 1. The highest BCUT2D eigenvalue weighted by atomic mass is 19.1. The number of hydrogen-bond acceptors (Lipinski definition) is 1. The second-order valence-electron chi connectivity index (χ2n) is 2.96. The van der Waals surface area contributed by atoms with Gasteiger partial charge in [-0.3, -0.25) is 0 Å². The first-order chi connectivity index (χ1) is 5.70. The SMILES string of the molecule is CC(C)=CCC/C(=C/F)CC=O. The molecule has 0 saturated heterocycles. The molecule has 0 atom stereocenters. The maximum Gasteiger partial charge on any atom is 0.124 e. The second-order valence-corrected chi connectivity index (χ2v) is 2.96. The maximum atomic E-state index is 12.0. The van der Waals surface area contributed by atoms with Crippen molar-refractivity contribution in [2.45, 2.75) is 33.1 Å². The van der Waals surface area contributed by atoms with Gasteiger partial charge in [-0.05, 0) is 32.3 Å². The van der Waals surface area contributed by atoms with Crippen LogP contribution < -0.4 is 0 Å². The van der Waals surface area contributed by atoms with Crippen molar-refractivity contribution in [1.82, 2.24) is 0 Å². The topological polar surface area (TPSA) is 17.1 Å². The zero-order valence-electron chi connectivity index (χ0n) is 7.64. The van der Waals surface area contributed by atoms with Gasteiger partial charge in [0.15, 0.2) is 0 Å². The van der Waals surface area contributed by atoms with E-state index in [0.717, 1.165) is 12.7 Å². The Labute approximate surface area is 73.0 Å². The summed E-state index contributed by atoms with van der Waals surface area (Å²) in [6.07, 6.45) is 4.97. The highest BCUT2D eigenvalue weighted by Crippen LogP contribution is 2.10. The summed E-state index contributed by atoms with van der Waals surface area (Å²) in [4.78, 5) is 10.0. The van der Waals surface area contributed by atoms with E-state index in [-0.39, 0.29) is 6.42 Å². The normalized spacial score (nSPS) is 11.1. The molecular weight excluding hydrogens is 155 g/mol. The van der Waals surface area contributed by atoms with Crippen LogP contribution in [0, 0.1) is 0 Å². The Hall–Kier alpha value is -0.920. The number of hydrogen-bond donors (Lipinski definition) is 0. The van der Waals surface area contributed by atoms with Crippen LogP contribution in [0.25, 0.3) is 0 Å². The molecule has 0 aliphatic heterocycles. The van der Waals surface area contributed by atoms with E-state index >= 15 is 0 Å². The summed E-state index contributed by atoms with van der Waals surface area (Å²) in [5.41, 5.74) is 1.79. The lowest BCUT2D eigenvalue weighted by Crippen LogP contribution is -1.83. The molecule has 0 aliphatic rings. The van der Waals surface area contributed by atoms with Gasteiger partial charge in [-0.25, -0.2) is 4.39 Å². The highest BCUT2D eigenvalue weighted by Gasteiger charge is 1.94. The van der Waals surface area contributed by atoms with Crippen molar-refractivity contribution in [1.29, 1.82) is 0 Å². The van der Waals surface area contributed by atoms with E-state index in [9.17, 15) is 9.18 Å². The minimum atomic E-state index is 0.215. The molecule has 12 heavy (non-hydrogen) atoms. The van der Waals surface area contributed by atoms with Crippen molar-refractivity contribution in [2.24, 2.45) is 0 Å². The van der Waals surface area contributed by atoms with E-state index in [2.05, 4.69) is 0 Å². The van der Waals surface area contributed by atoms with Gasteiger partial charge in [-0.2, -0.15) is 0 Å². The van der Waals surface area contributed by atoms with Crippen molar-refractivity contribution in [3.63, 3.8) is 0 Å². The summed E-state index contributed by atoms with van der Waals surface area (Å²) in [6.45, 7) is 4.00. The van der Waals surface area contributed by atoms with Crippen LogP contribution in [0.15, 0.2) is 23.6 Å². The Morgan fingerprint density at radius 2 is 2.08 bits per heavy atom. The van der Waals surface area contributed by atoms with Crippen LogP contribution in [-0.2, 0) is 4.79 Å². The Bertz CT molecular complexity index is 188. The minimum Gasteiger partial charge on any atom is -0.303 e. The first kappa shape index (κ1) is 11.1. The average Bonchev–Trinajstić information content (AvgIpc) is 2.02. The molecule has 2 heteroatoms. The molecule has 1 nitrogen and oxygen atoms in total. The number of aldehydes is 1. The quantitative estimate of drug-likeness (QED) is 0.457. The first-order valence-electron chi connectivity index (χ1n) is 4.05. The third-order valence-corrected chi connectivity index (χ3v) is 1.52. The summed E-state index contributed by atoms with van der Waals surface area (Å²) in [5.74, 6) is 0.